The normalized spacial score (nSPS) is 10.2. The van der Waals surface area contributed by atoms with Gasteiger partial charge in [-0.2, -0.15) is 0 Å². The molecule has 3 amide bonds. The molecule has 2 N–H and O–H groups in total. The average molecular weight is 382 g/mol. The Morgan fingerprint density at radius 3 is 1.93 bits per heavy atom. The number of aromatic nitrogens is 1. The molecular formula is C21H26N4O3. The monoisotopic (exact) mass is 382 g/mol. The van der Waals surface area contributed by atoms with Crippen LogP contribution in [-0.2, 0) is 4.79 Å². The van der Waals surface area contributed by atoms with E-state index in [1.165, 1.54) is 6.92 Å². The zero-order valence-electron chi connectivity index (χ0n) is 16.5. The zero-order chi connectivity index (χ0) is 20.5. The van der Waals surface area contributed by atoms with Crippen LogP contribution in [0.25, 0.3) is 0 Å². The third kappa shape index (κ3) is 5.90. The minimum atomic E-state index is -0.403. The van der Waals surface area contributed by atoms with E-state index in [0.29, 0.717) is 24.5 Å². The molecule has 0 atom stereocenters. The number of nitrogens with one attached hydrogen (secondary N) is 2. The van der Waals surface area contributed by atoms with Crippen molar-refractivity contribution in [2.24, 2.45) is 0 Å². The summed E-state index contributed by atoms with van der Waals surface area (Å²) in [7, 11) is 0. The van der Waals surface area contributed by atoms with Gasteiger partial charge in [-0.25, -0.2) is 4.98 Å². The molecule has 0 aliphatic rings. The first-order chi connectivity index (χ1) is 13.4. The zero-order valence-corrected chi connectivity index (χ0v) is 16.5. The number of rotatable bonds is 8. The smallest absolute Gasteiger partial charge is 0.274 e. The summed E-state index contributed by atoms with van der Waals surface area (Å²) in [4.78, 5) is 42.2. The molecule has 1 heterocycles. The fourth-order valence-electron chi connectivity index (χ4n) is 2.73. The van der Waals surface area contributed by atoms with E-state index in [0.717, 1.165) is 12.8 Å². The maximum absolute atomic E-state index is 12.7. The summed E-state index contributed by atoms with van der Waals surface area (Å²) >= 11 is 0. The van der Waals surface area contributed by atoms with Gasteiger partial charge in [-0.05, 0) is 49.2 Å². The van der Waals surface area contributed by atoms with Crippen LogP contribution in [-0.4, -0.2) is 40.7 Å². The lowest BCUT2D eigenvalue weighted by molar-refractivity contribution is -0.114. The minimum absolute atomic E-state index is 0.164. The van der Waals surface area contributed by atoms with Crippen molar-refractivity contribution in [3.63, 3.8) is 0 Å². The Hall–Kier alpha value is -3.22. The molecule has 1 aromatic carbocycles. The van der Waals surface area contributed by atoms with Crippen LogP contribution in [0.15, 0.2) is 42.5 Å². The fraction of sp³-hybridized carbons (Fsp3) is 0.333. The SMILES string of the molecule is CCCN(CCC)C(=O)c1cccc(C(=O)Nc2ccc(NC(C)=O)cc2)n1. The van der Waals surface area contributed by atoms with Gasteiger partial charge in [-0.1, -0.05) is 19.9 Å². The molecule has 7 nitrogen and oxygen atoms in total. The van der Waals surface area contributed by atoms with Crippen molar-refractivity contribution in [2.45, 2.75) is 33.6 Å². The number of nitrogens with zero attached hydrogens (tertiary/aromatic N) is 2. The Balaban J connectivity index is 2.11. The molecule has 0 aliphatic carbocycles. The fourth-order valence-corrected chi connectivity index (χ4v) is 2.73. The Morgan fingerprint density at radius 2 is 1.39 bits per heavy atom. The molecule has 0 fully saturated rings. The summed E-state index contributed by atoms with van der Waals surface area (Å²) in [6.45, 7) is 6.78. The van der Waals surface area contributed by atoms with Crippen molar-refractivity contribution in [2.75, 3.05) is 23.7 Å². The van der Waals surface area contributed by atoms with E-state index >= 15 is 0 Å². The maximum atomic E-state index is 12.7. The standard InChI is InChI=1S/C21H26N4O3/c1-4-13-25(14-5-2)21(28)19-8-6-7-18(24-19)20(27)23-17-11-9-16(10-12-17)22-15(3)26/h6-12H,4-5,13-14H2,1-3H3,(H,22,26)(H,23,27). The second kappa shape index (κ2) is 10.2. The highest BCUT2D eigenvalue weighted by atomic mass is 16.2. The van der Waals surface area contributed by atoms with Crippen LogP contribution in [0.4, 0.5) is 11.4 Å². The van der Waals surface area contributed by atoms with E-state index in [1.54, 1.807) is 47.4 Å². The van der Waals surface area contributed by atoms with Gasteiger partial charge >= 0.3 is 0 Å². The van der Waals surface area contributed by atoms with Crippen molar-refractivity contribution < 1.29 is 14.4 Å². The molecule has 0 bridgehead atoms. The van der Waals surface area contributed by atoms with Crippen LogP contribution < -0.4 is 10.6 Å². The number of amides is 3. The summed E-state index contributed by atoms with van der Waals surface area (Å²) in [6.07, 6.45) is 1.72. The lowest BCUT2D eigenvalue weighted by atomic mass is 10.2. The van der Waals surface area contributed by atoms with Gasteiger partial charge in [-0.15, -0.1) is 0 Å². The predicted octanol–water partition coefficient (Wildman–Crippen LogP) is 3.55. The molecular weight excluding hydrogens is 356 g/mol. The number of pyridine rings is 1. The molecule has 1 aromatic heterocycles. The van der Waals surface area contributed by atoms with Crippen LogP contribution in [0, 0.1) is 0 Å². The van der Waals surface area contributed by atoms with Crippen molar-refractivity contribution in [1.29, 1.82) is 0 Å². The Morgan fingerprint density at radius 1 is 0.857 bits per heavy atom. The number of carbonyl (C=O) groups excluding carboxylic acids is 3. The Labute approximate surface area is 165 Å². The molecule has 2 rings (SSSR count). The largest absolute Gasteiger partial charge is 0.337 e. The first kappa shape index (κ1) is 21.1. The maximum Gasteiger partial charge on any atom is 0.274 e. The summed E-state index contributed by atoms with van der Waals surface area (Å²) in [5, 5.41) is 5.41. The topological polar surface area (TPSA) is 91.4 Å². The molecule has 0 radical (unpaired) electrons. The molecule has 7 heteroatoms. The van der Waals surface area contributed by atoms with Gasteiger partial charge in [0.05, 0.1) is 0 Å². The Bertz CT molecular complexity index is 828. The molecule has 0 saturated carbocycles. The van der Waals surface area contributed by atoms with Crippen LogP contribution in [0.2, 0.25) is 0 Å². The summed E-state index contributed by atoms with van der Waals surface area (Å²) < 4.78 is 0. The predicted molar refractivity (Wildman–Crippen MR) is 109 cm³/mol. The minimum Gasteiger partial charge on any atom is -0.337 e. The second-order valence-electron chi connectivity index (χ2n) is 6.41. The van der Waals surface area contributed by atoms with E-state index in [9.17, 15) is 14.4 Å². The van der Waals surface area contributed by atoms with Crippen molar-refractivity contribution in [3.8, 4) is 0 Å². The van der Waals surface area contributed by atoms with Crippen molar-refractivity contribution >= 4 is 29.1 Å². The number of carbonyl (C=O) groups is 3. The van der Waals surface area contributed by atoms with E-state index < -0.39 is 5.91 Å². The van der Waals surface area contributed by atoms with E-state index in [2.05, 4.69) is 15.6 Å². The molecule has 2 aromatic rings. The molecule has 0 saturated heterocycles. The van der Waals surface area contributed by atoms with Gasteiger partial charge in [0.1, 0.15) is 11.4 Å². The van der Waals surface area contributed by atoms with Crippen molar-refractivity contribution in [3.05, 3.63) is 53.9 Å². The number of hydrogen-bond acceptors (Lipinski definition) is 4. The van der Waals surface area contributed by atoms with Crippen LogP contribution in [0.3, 0.4) is 0 Å². The first-order valence-corrected chi connectivity index (χ1v) is 9.40. The van der Waals surface area contributed by atoms with Crippen LogP contribution in [0.5, 0.6) is 0 Å². The third-order valence-corrected chi connectivity index (χ3v) is 3.94. The van der Waals surface area contributed by atoms with Gasteiger partial charge in [0, 0.05) is 31.4 Å². The van der Waals surface area contributed by atoms with Gasteiger partial charge < -0.3 is 15.5 Å². The number of hydrogen-bond donors (Lipinski definition) is 2. The number of benzene rings is 1. The summed E-state index contributed by atoms with van der Waals surface area (Å²) in [5.74, 6) is -0.736. The summed E-state index contributed by atoms with van der Waals surface area (Å²) in [6, 6.07) is 11.6. The van der Waals surface area contributed by atoms with Crippen LogP contribution >= 0.6 is 0 Å². The molecule has 0 spiro atoms. The average Bonchev–Trinajstić information content (AvgIpc) is 2.68. The molecule has 28 heavy (non-hydrogen) atoms. The first-order valence-electron chi connectivity index (χ1n) is 9.40. The van der Waals surface area contributed by atoms with Gasteiger partial charge in [-0.3, -0.25) is 14.4 Å². The quantitative estimate of drug-likeness (QED) is 0.730. The summed E-state index contributed by atoms with van der Waals surface area (Å²) in [5.41, 5.74) is 1.64. The molecule has 0 aliphatic heterocycles. The molecule has 0 unspecified atom stereocenters. The highest BCUT2D eigenvalue weighted by molar-refractivity contribution is 6.04. The second-order valence-corrected chi connectivity index (χ2v) is 6.41. The van der Waals surface area contributed by atoms with E-state index in [1.807, 2.05) is 13.8 Å². The molecule has 148 valence electrons. The highest BCUT2D eigenvalue weighted by Crippen LogP contribution is 2.15. The van der Waals surface area contributed by atoms with Gasteiger partial charge in [0.25, 0.3) is 11.8 Å². The lowest BCUT2D eigenvalue weighted by Crippen LogP contribution is -2.33. The number of anilines is 2. The third-order valence-electron chi connectivity index (χ3n) is 3.94. The van der Waals surface area contributed by atoms with Gasteiger partial charge in [0.2, 0.25) is 5.91 Å². The highest BCUT2D eigenvalue weighted by Gasteiger charge is 2.17. The lowest BCUT2D eigenvalue weighted by Gasteiger charge is -2.21. The van der Waals surface area contributed by atoms with E-state index in [-0.39, 0.29) is 23.2 Å². The Kier molecular flexibility index (Phi) is 7.68. The van der Waals surface area contributed by atoms with E-state index in [4.69, 9.17) is 0 Å². The van der Waals surface area contributed by atoms with Gasteiger partial charge in [0.15, 0.2) is 0 Å². The van der Waals surface area contributed by atoms with Crippen LogP contribution in [0.1, 0.15) is 54.6 Å². The van der Waals surface area contributed by atoms with Crippen molar-refractivity contribution in [1.82, 2.24) is 9.88 Å².